The van der Waals surface area contributed by atoms with Crippen molar-refractivity contribution in [3.63, 3.8) is 0 Å². The van der Waals surface area contributed by atoms with Gasteiger partial charge in [0, 0.05) is 43.5 Å². The summed E-state index contributed by atoms with van der Waals surface area (Å²) in [6, 6.07) is 0.453. The van der Waals surface area contributed by atoms with Gasteiger partial charge in [-0.2, -0.15) is 0 Å². The molecule has 2 fully saturated rings. The molecule has 0 radical (unpaired) electrons. The zero-order valence-corrected chi connectivity index (χ0v) is 12.6. The molecule has 0 aliphatic carbocycles. The number of rotatable bonds is 3. The lowest BCUT2D eigenvalue weighted by Gasteiger charge is -2.33. The van der Waals surface area contributed by atoms with Crippen molar-refractivity contribution in [3.8, 4) is 0 Å². The van der Waals surface area contributed by atoms with E-state index in [0.717, 1.165) is 39.0 Å². The van der Waals surface area contributed by atoms with Crippen molar-refractivity contribution in [2.45, 2.75) is 38.1 Å². The summed E-state index contributed by atoms with van der Waals surface area (Å²) in [5.41, 5.74) is 1.34. The van der Waals surface area contributed by atoms with Crippen LogP contribution in [-0.2, 0) is 4.74 Å². The minimum atomic E-state index is -0.179. The number of imidazole rings is 1. The number of hydrogen-bond donors (Lipinski definition) is 1. The highest BCUT2D eigenvalue weighted by Gasteiger charge is 2.28. The van der Waals surface area contributed by atoms with Crippen LogP contribution in [0.15, 0.2) is 12.5 Å². The van der Waals surface area contributed by atoms with Gasteiger partial charge >= 0.3 is 6.09 Å². The molecule has 1 amide bonds. The lowest BCUT2D eigenvalue weighted by Crippen LogP contribution is -2.39. The highest BCUT2D eigenvalue weighted by atomic mass is 16.6. The maximum Gasteiger partial charge on any atom is 0.409 e. The first-order valence-corrected chi connectivity index (χ1v) is 7.93. The largest absolute Gasteiger partial charge is 0.450 e. The minimum absolute atomic E-state index is 0.179. The smallest absolute Gasteiger partial charge is 0.409 e. The van der Waals surface area contributed by atoms with E-state index in [4.69, 9.17) is 4.74 Å². The third-order valence-corrected chi connectivity index (χ3v) is 4.56. The number of likely N-dealkylation sites (tertiary alicyclic amines) is 1. The van der Waals surface area contributed by atoms with Crippen LogP contribution in [0.2, 0.25) is 0 Å². The maximum atomic E-state index is 11.7. The Morgan fingerprint density at radius 1 is 1.43 bits per heavy atom. The Morgan fingerprint density at radius 3 is 2.90 bits per heavy atom. The molecule has 6 heteroatoms. The Bertz CT molecular complexity index is 474. The van der Waals surface area contributed by atoms with E-state index in [1.807, 2.05) is 24.3 Å². The van der Waals surface area contributed by atoms with E-state index >= 15 is 0 Å². The summed E-state index contributed by atoms with van der Waals surface area (Å²) in [5.74, 6) is 0.579. The van der Waals surface area contributed by atoms with Gasteiger partial charge in [-0.25, -0.2) is 9.78 Å². The Morgan fingerprint density at radius 2 is 2.24 bits per heavy atom. The molecular weight excluding hydrogens is 268 g/mol. The van der Waals surface area contributed by atoms with Gasteiger partial charge in [0.25, 0.3) is 0 Å². The van der Waals surface area contributed by atoms with Gasteiger partial charge in [-0.05, 0) is 32.7 Å². The van der Waals surface area contributed by atoms with E-state index < -0.39 is 0 Å². The van der Waals surface area contributed by atoms with Gasteiger partial charge < -0.3 is 19.5 Å². The van der Waals surface area contributed by atoms with Gasteiger partial charge in [-0.15, -0.1) is 0 Å². The molecule has 3 heterocycles. The molecule has 2 saturated heterocycles. The van der Waals surface area contributed by atoms with Gasteiger partial charge in [0.2, 0.25) is 0 Å². The fraction of sp³-hybridized carbons (Fsp3) is 0.733. The van der Waals surface area contributed by atoms with Gasteiger partial charge in [-0.1, -0.05) is 0 Å². The summed E-state index contributed by atoms with van der Waals surface area (Å²) in [4.78, 5) is 17.9. The van der Waals surface area contributed by atoms with Crippen molar-refractivity contribution >= 4 is 6.09 Å². The molecule has 21 heavy (non-hydrogen) atoms. The molecule has 6 nitrogen and oxygen atoms in total. The average molecular weight is 292 g/mol. The van der Waals surface area contributed by atoms with Crippen LogP contribution >= 0.6 is 0 Å². The number of hydrogen-bond acceptors (Lipinski definition) is 4. The molecule has 1 N–H and O–H groups in total. The SMILES string of the molecule is CCOC(=O)N1CCC(n2cncc2C2CCNC2)CC1. The molecule has 1 atom stereocenters. The fourth-order valence-corrected chi connectivity index (χ4v) is 3.38. The van der Waals surface area contributed by atoms with Gasteiger partial charge in [0.15, 0.2) is 0 Å². The number of nitrogens with one attached hydrogen (secondary N) is 1. The quantitative estimate of drug-likeness (QED) is 0.922. The normalized spacial score (nSPS) is 23.5. The van der Waals surface area contributed by atoms with Crippen LogP contribution < -0.4 is 5.32 Å². The lowest BCUT2D eigenvalue weighted by atomic mass is 10.0. The first-order valence-electron chi connectivity index (χ1n) is 7.93. The van der Waals surface area contributed by atoms with Crippen LogP contribution in [0.3, 0.4) is 0 Å². The summed E-state index contributed by atoms with van der Waals surface area (Å²) >= 11 is 0. The zero-order chi connectivity index (χ0) is 14.7. The first kappa shape index (κ1) is 14.4. The van der Waals surface area contributed by atoms with Gasteiger partial charge in [-0.3, -0.25) is 0 Å². The van der Waals surface area contributed by atoms with Crippen molar-refractivity contribution in [1.29, 1.82) is 0 Å². The number of aromatic nitrogens is 2. The number of amides is 1. The van der Waals surface area contributed by atoms with Crippen LogP contribution in [0.5, 0.6) is 0 Å². The Kier molecular flexibility index (Phi) is 4.43. The third kappa shape index (κ3) is 3.05. The second-order valence-corrected chi connectivity index (χ2v) is 5.83. The molecule has 0 saturated carbocycles. The summed E-state index contributed by atoms with van der Waals surface area (Å²) in [5, 5.41) is 3.42. The summed E-state index contributed by atoms with van der Waals surface area (Å²) in [7, 11) is 0. The molecule has 116 valence electrons. The number of carbonyl (C=O) groups is 1. The van der Waals surface area contributed by atoms with Gasteiger partial charge in [0.1, 0.15) is 0 Å². The van der Waals surface area contributed by atoms with Crippen LogP contribution in [0, 0.1) is 0 Å². The van der Waals surface area contributed by atoms with Crippen molar-refractivity contribution in [2.75, 3.05) is 32.8 Å². The van der Waals surface area contributed by atoms with Crippen molar-refractivity contribution in [3.05, 3.63) is 18.2 Å². The van der Waals surface area contributed by atoms with Crippen LogP contribution in [-0.4, -0.2) is 53.3 Å². The fourth-order valence-electron chi connectivity index (χ4n) is 3.38. The molecule has 0 spiro atoms. The molecule has 0 aromatic carbocycles. The van der Waals surface area contributed by atoms with Gasteiger partial charge in [0.05, 0.1) is 12.9 Å². The molecule has 1 aromatic heterocycles. The molecule has 2 aliphatic heterocycles. The third-order valence-electron chi connectivity index (χ3n) is 4.56. The number of carbonyl (C=O) groups excluding carboxylic acids is 1. The predicted octanol–water partition coefficient (Wildman–Crippen LogP) is 1.75. The Balaban J connectivity index is 1.62. The average Bonchev–Trinajstić information content (AvgIpc) is 3.18. The minimum Gasteiger partial charge on any atom is -0.450 e. The standard InChI is InChI=1S/C15H24N4O2/c1-2-21-15(20)18-7-4-13(5-8-18)19-11-17-10-14(19)12-3-6-16-9-12/h10-13,16H,2-9H2,1H3. The van der Waals surface area contributed by atoms with E-state index in [0.29, 0.717) is 18.6 Å². The monoisotopic (exact) mass is 292 g/mol. The molecule has 1 unspecified atom stereocenters. The first-order chi connectivity index (χ1) is 10.3. The summed E-state index contributed by atoms with van der Waals surface area (Å²) < 4.78 is 7.41. The van der Waals surface area contributed by atoms with Crippen molar-refractivity contribution < 1.29 is 9.53 Å². The van der Waals surface area contributed by atoms with E-state index in [2.05, 4.69) is 14.9 Å². The second kappa shape index (κ2) is 6.47. The number of ether oxygens (including phenoxy) is 1. The lowest BCUT2D eigenvalue weighted by molar-refractivity contribution is 0.0924. The topological polar surface area (TPSA) is 59.4 Å². The van der Waals surface area contributed by atoms with E-state index in [-0.39, 0.29) is 6.09 Å². The van der Waals surface area contributed by atoms with Crippen molar-refractivity contribution in [2.24, 2.45) is 0 Å². The van der Waals surface area contributed by atoms with Crippen LogP contribution in [0.25, 0.3) is 0 Å². The van der Waals surface area contributed by atoms with Crippen LogP contribution in [0.1, 0.15) is 43.8 Å². The molecular formula is C15H24N4O2. The van der Waals surface area contributed by atoms with E-state index in [1.54, 1.807) is 0 Å². The van der Waals surface area contributed by atoms with Crippen molar-refractivity contribution in [1.82, 2.24) is 19.8 Å². The highest BCUT2D eigenvalue weighted by Crippen LogP contribution is 2.29. The predicted molar refractivity (Wildman–Crippen MR) is 79.3 cm³/mol. The van der Waals surface area contributed by atoms with E-state index in [9.17, 15) is 4.79 Å². The van der Waals surface area contributed by atoms with Crippen LogP contribution in [0.4, 0.5) is 4.79 Å². The second-order valence-electron chi connectivity index (χ2n) is 5.83. The summed E-state index contributed by atoms with van der Waals surface area (Å²) in [6.07, 6.45) is 6.92. The number of piperidine rings is 1. The molecule has 0 bridgehead atoms. The van der Waals surface area contributed by atoms with E-state index in [1.165, 1.54) is 12.1 Å². The maximum absolute atomic E-state index is 11.7. The molecule has 2 aliphatic rings. The Hall–Kier alpha value is -1.56. The zero-order valence-electron chi connectivity index (χ0n) is 12.6. The summed E-state index contributed by atoms with van der Waals surface area (Å²) in [6.45, 7) is 5.97. The molecule has 1 aromatic rings. The molecule has 3 rings (SSSR count). The number of nitrogens with zero attached hydrogens (tertiary/aromatic N) is 3. The Labute approximate surface area is 125 Å². The highest BCUT2D eigenvalue weighted by molar-refractivity contribution is 5.67.